The summed E-state index contributed by atoms with van der Waals surface area (Å²) in [6, 6.07) is 7.82. The molecule has 0 unspecified atom stereocenters. The van der Waals surface area contributed by atoms with Crippen molar-refractivity contribution in [3.63, 3.8) is 0 Å². The van der Waals surface area contributed by atoms with Crippen LogP contribution in [0.2, 0.25) is 0 Å². The van der Waals surface area contributed by atoms with E-state index in [0.29, 0.717) is 11.4 Å². The van der Waals surface area contributed by atoms with E-state index in [9.17, 15) is 4.79 Å². The molecule has 2 aliphatic heterocycles. The SMILES string of the molecule is O=C(c1cnc(N2CCCC2)s1)N1CCc2[nH]cnc2[C@H]1c1nc2ccccc2s1. The molecule has 30 heavy (non-hydrogen) atoms. The molecule has 2 aliphatic rings. The number of hydrogen-bond acceptors (Lipinski definition) is 7. The fourth-order valence-electron chi connectivity index (χ4n) is 4.31. The summed E-state index contributed by atoms with van der Waals surface area (Å²) in [6.07, 6.45) is 6.60. The number of nitrogens with zero attached hydrogens (tertiary/aromatic N) is 5. The van der Waals surface area contributed by atoms with Crippen LogP contribution in [-0.4, -0.2) is 50.4 Å². The zero-order valence-corrected chi connectivity index (χ0v) is 17.9. The van der Waals surface area contributed by atoms with Gasteiger partial charge in [-0.1, -0.05) is 23.5 Å². The summed E-state index contributed by atoms with van der Waals surface area (Å²) in [5.74, 6) is 0.0100. The Bertz CT molecular complexity index is 1190. The first-order valence-corrected chi connectivity index (χ1v) is 11.8. The lowest BCUT2D eigenvalue weighted by molar-refractivity contribution is 0.0695. The van der Waals surface area contributed by atoms with Crippen molar-refractivity contribution in [1.29, 1.82) is 0 Å². The molecule has 152 valence electrons. The van der Waals surface area contributed by atoms with Gasteiger partial charge in [0.1, 0.15) is 15.9 Å². The molecule has 4 aromatic rings. The van der Waals surface area contributed by atoms with Gasteiger partial charge in [-0.15, -0.1) is 11.3 Å². The van der Waals surface area contributed by atoms with Crippen LogP contribution in [0.15, 0.2) is 36.8 Å². The minimum absolute atomic E-state index is 0.0100. The van der Waals surface area contributed by atoms with Gasteiger partial charge in [0.2, 0.25) is 0 Å². The van der Waals surface area contributed by atoms with E-state index in [2.05, 4.69) is 25.9 Å². The summed E-state index contributed by atoms with van der Waals surface area (Å²) in [6.45, 7) is 2.68. The van der Waals surface area contributed by atoms with Gasteiger partial charge in [0, 0.05) is 31.7 Å². The normalized spacial score (nSPS) is 18.9. The number of nitrogens with one attached hydrogen (secondary N) is 1. The van der Waals surface area contributed by atoms with Crippen LogP contribution in [0, 0.1) is 0 Å². The van der Waals surface area contributed by atoms with Gasteiger partial charge >= 0.3 is 0 Å². The molecule has 1 saturated heterocycles. The Morgan fingerprint density at radius 3 is 2.83 bits per heavy atom. The molecule has 1 aromatic carbocycles. The minimum atomic E-state index is -0.276. The Labute approximate surface area is 181 Å². The molecule has 1 atom stereocenters. The van der Waals surface area contributed by atoms with Gasteiger partial charge < -0.3 is 14.8 Å². The Morgan fingerprint density at radius 1 is 1.10 bits per heavy atom. The van der Waals surface area contributed by atoms with Crippen molar-refractivity contribution < 1.29 is 4.79 Å². The van der Waals surface area contributed by atoms with Crippen molar-refractivity contribution in [2.24, 2.45) is 0 Å². The van der Waals surface area contributed by atoms with Crippen LogP contribution in [0.5, 0.6) is 0 Å². The lowest BCUT2D eigenvalue weighted by Gasteiger charge is -2.33. The van der Waals surface area contributed by atoms with Crippen molar-refractivity contribution in [3.8, 4) is 0 Å². The van der Waals surface area contributed by atoms with E-state index in [1.165, 1.54) is 24.2 Å². The number of amides is 1. The summed E-state index contributed by atoms with van der Waals surface area (Å²) in [5.41, 5.74) is 2.95. The molecule has 5 heterocycles. The summed E-state index contributed by atoms with van der Waals surface area (Å²) in [7, 11) is 0. The number of carbonyl (C=O) groups excluding carboxylic acids is 1. The number of aromatic amines is 1. The molecule has 0 bridgehead atoms. The fraction of sp³-hybridized carbons (Fsp3) is 0.333. The van der Waals surface area contributed by atoms with Crippen molar-refractivity contribution >= 4 is 43.9 Å². The van der Waals surface area contributed by atoms with Crippen LogP contribution < -0.4 is 4.90 Å². The third kappa shape index (κ3) is 2.92. The van der Waals surface area contributed by atoms with Crippen LogP contribution in [-0.2, 0) is 6.42 Å². The lowest BCUT2D eigenvalue weighted by atomic mass is 10.0. The first-order valence-electron chi connectivity index (χ1n) is 10.2. The zero-order chi connectivity index (χ0) is 20.1. The number of benzene rings is 1. The zero-order valence-electron chi connectivity index (χ0n) is 16.2. The number of fused-ring (bicyclic) bond motifs is 2. The van der Waals surface area contributed by atoms with Crippen molar-refractivity contribution in [2.75, 3.05) is 24.5 Å². The number of carbonyl (C=O) groups is 1. The first-order chi connectivity index (χ1) is 14.8. The van der Waals surface area contributed by atoms with Crippen LogP contribution >= 0.6 is 22.7 Å². The highest BCUT2D eigenvalue weighted by Gasteiger charge is 2.37. The summed E-state index contributed by atoms with van der Waals surface area (Å²) in [4.78, 5) is 35.7. The van der Waals surface area contributed by atoms with Crippen LogP contribution in [0.1, 0.15) is 45.0 Å². The number of hydrogen-bond donors (Lipinski definition) is 1. The summed E-state index contributed by atoms with van der Waals surface area (Å²) in [5, 5.41) is 1.85. The van der Waals surface area contributed by atoms with E-state index in [0.717, 1.165) is 51.3 Å². The van der Waals surface area contributed by atoms with Crippen LogP contribution in [0.4, 0.5) is 5.13 Å². The van der Waals surface area contributed by atoms with Gasteiger partial charge in [-0.25, -0.2) is 15.0 Å². The highest BCUT2D eigenvalue weighted by molar-refractivity contribution is 7.18. The smallest absolute Gasteiger partial charge is 0.266 e. The van der Waals surface area contributed by atoms with E-state index >= 15 is 0 Å². The van der Waals surface area contributed by atoms with Gasteiger partial charge in [0.25, 0.3) is 5.91 Å². The second kappa shape index (κ2) is 7.17. The van der Waals surface area contributed by atoms with Gasteiger partial charge in [0.05, 0.1) is 28.4 Å². The molecule has 0 spiro atoms. The molecular formula is C21H20N6OS2. The average molecular weight is 437 g/mol. The molecule has 3 aromatic heterocycles. The maximum atomic E-state index is 13.6. The quantitative estimate of drug-likeness (QED) is 0.528. The number of para-hydroxylation sites is 1. The van der Waals surface area contributed by atoms with E-state index < -0.39 is 0 Å². The third-order valence-corrected chi connectivity index (χ3v) is 7.95. The van der Waals surface area contributed by atoms with Gasteiger partial charge in [-0.05, 0) is 25.0 Å². The van der Waals surface area contributed by atoms with E-state index in [-0.39, 0.29) is 11.9 Å². The van der Waals surface area contributed by atoms with Gasteiger partial charge in [-0.2, -0.15) is 0 Å². The highest BCUT2D eigenvalue weighted by Crippen LogP contribution is 2.39. The second-order valence-electron chi connectivity index (χ2n) is 7.64. The van der Waals surface area contributed by atoms with Gasteiger partial charge in [-0.3, -0.25) is 4.79 Å². The molecule has 0 saturated carbocycles. The Hall–Kier alpha value is -2.78. The van der Waals surface area contributed by atoms with E-state index in [1.807, 2.05) is 23.1 Å². The largest absolute Gasteiger partial charge is 0.348 e. The van der Waals surface area contributed by atoms with E-state index in [4.69, 9.17) is 4.98 Å². The van der Waals surface area contributed by atoms with Gasteiger partial charge in [0.15, 0.2) is 5.13 Å². The maximum Gasteiger partial charge on any atom is 0.266 e. The lowest BCUT2D eigenvalue weighted by Crippen LogP contribution is -2.40. The standard InChI is InChI=1S/C21H20N6OS2/c28-20(16-11-22-21(30-16)26-8-3-4-9-26)27-10-7-14-17(24-12-23-14)18(27)19-25-13-5-1-2-6-15(13)29-19/h1-2,5-6,11-12,18H,3-4,7-10H2,(H,23,24)/t18-/m0/s1. The molecule has 6 rings (SSSR count). The maximum absolute atomic E-state index is 13.6. The second-order valence-corrected chi connectivity index (χ2v) is 9.71. The number of thiazole rings is 2. The molecule has 1 fully saturated rings. The topological polar surface area (TPSA) is 78.0 Å². The molecule has 1 N–H and O–H groups in total. The van der Waals surface area contributed by atoms with Crippen LogP contribution in [0.3, 0.4) is 0 Å². The van der Waals surface area contributed by atoms with Crippen molar-refractivity contribution in [2.45, 2.75) is 25.3 Å². The van der Waals surface area contributed by atoms with Crippen molar-refractivity contribution in [3.05, 3.63) is 58.1 Å². The Kier molecular flexibility index (Phi) is 4.31. The summed E-state index contributed by atoms with van der Waals surface area (Å²) < 4.78 is 1.12. The summed E-state index contributed by atoms with van der Waals surface area (Å²) >= 11 is 3.13. The fourth-order valence-corrected chi connectivity index (χ4v) is 6.32. The molecule has 9 heteroatoms. The minimum Gasteiger partial charge on any atom is -0.348 e. The monoisotopic (exact) mass is 436 g/mol. The number of imidazole rings is 1. The molecule has 0 aliphatic carbocycles. The Balaban J connectivity index is 1.38. The predicted octanol–water partition coefficient (Wildman–Crippen LogP) is 3.86. The van der Waals surface area contributed by atoms with Crippen molar-refractivity contribution in [1.82, 2.24) is 24.8 Å². The van der Waals surface area contributed by atoms with Crippen LogP contribution in [0.25, 0.3) is 10.2 Å². The van der Waals surface area contributed by atoms with E-state index in [1.54, 1.807) is 23.9 Å². The predicted molar refractivity (Wildman–Crippen MR) is 118 cm³/mol. The number of rotatable bonds is 3. The molecular weight excluding hydrogens is 416 g/mol. The highest BCUT2D eigenvalue weighted by atomic mass is 32.1. The first kappa shape index (κ1) is 18.0. The molecule has 1 amide bonds. The number of anilines is 1. The Morgan fingerprint density at radius 2 is 1.97 bits per heavy atom. The molecule has 0 radical (unpaired) electrons. The number of aromatic nitrogens is 4. The third-order valence-electron chi connectivity index (χ3n) is 5.81. The number of H-pyrrole nitrogens is 1. The average Bonchev–Trinajstić information content (AvgIpc) is 3.56. The molecule has 7 nitrogen and oxygen atoms in total.